The number of benzene rings is 2. The molecule has 2 aromatic carbocycles. The van der Waals surface area contributed by atoms with E-state index >= 15 is 0 Å². The monoisotopic (exact) mass is 626 g/mol. The number of rotatable bonds is 20. The van der Waals surface area contributed by atoms with Crippen molar-refractivity contribution < 1.29 is 33.4 Å². The third-order valence-electron chi connectivity index (χ3n) is 7.38. The fourth-order valence-electron chi connectivity index (χ4n) is 5.03. The SMILES string of the molecule is O=C(CCCC[C@@H]1SC[C@@H]2NC(=O)N[C@@H]21)NCCOCCOCCNCCOC(=O)c1ccc(C(=O)c2ccccc2)cc1. The highest BCUT2D eigenvalue weighted by atomic mass is 32.2. The minimum Gasteiger partial charge on any atom is -0.461 e. The van der Waals surface area contributed by atoms with Crippen molar-refractivity contribution in [3.05, 3.63) is 71.3 Å². The number of ether oxygens (including phenoxy) is 3. The Bertz CT molecular complexity index is 1210. The molecule has 4 rings (SSSR count). The Morgan fingerprint density at radius 3 is 2.25 bits per heavy atom. The van der Waals surface area contributed by atoms with Gasteiger partial charge in [-0.05, 0) is 25.0 Å². The second-order valence-corrected chi connectivity index (χ2v) is 11.9. The summed E-state index contributed by atoms with van der Waals surface area (Å²) in [6, 6.07) is 15.8. The van der Waals surface area contributed by atoms with Crippen molar-refractivity contribution >= 4 is 35.5 Å². The summed E-state index contributed by atoms with van der Waals surface area (Å²) in [6.45, 7) is 3.60. The number of urea groups is 1. The van der Waals surface area contributed by atoms with Crippen molar-refractivity contribution in [1.82, 2.24) is 21.3 Å². The van der Waals surface area contributed by atoms with Gasteiger partial charge in [0, 0.05) is 48.2 Å². The molecule has 0 aromatic heterocycles. The van der Waals surface area contributed by atoms with Crippen LogP contribution in [0, 0.1) is 0 Å². The van der Waals surface area contributed by atoms with Gasteiger partial charge in [-0.15, -0.1) is 0 Å². The van der Waals surface area contributed by atoms with Crippen LogP contribution in [-0.2, 0) is 19.0 Å². The summed E-state index contributed by atoms with van der Waals surface area (Å²) in [5.74, 6) is 0.450. The van der Waals surface area contributed by atoms with E-state index in [0.717, 1.165) is 25.0 Å². The summed E-state index contributed by atoms with van der Waals surface area (Å²) >= 11 is 1.89. The highest BCUT2D eigenvalue weighted by molar-refractivity contribution is 8.00. The van der Waals surface area contributed by atoms with Gasteiger partial charge in [-0.1, -0.05) is 48.9 Å². The summed E-state index contributed by atoms with van der Waals surface area (Å²) in [6.07, 6.45) is 3.30. The molecule has 2 aromatic rings. The van der Waals surface area contributed by atoms with Gasteiger partial charge in [-0.3, -0.25) is 9.59 Å². The molecule has 2 aliphatic heterocycles. The van der Waals surface area contributed by atoms with Crippen LogP contribution in [-0.4, -0.2) is 99.4 Å². The smallest absolute Gasteiger partial charge is 0.338 e. The molecule has 2 heterocycles. The van der Waals surface area contributed by atoms with Gasteiger partial charge < -0.3 is 35.5 Å². The Morgan fingerprint density at radius 1 is 0.795 bits per heavy atom. The number of carbonyl (C=O) groups is 4. The van der Waals surface area contributed by atoms with Crippen molar-refractivity contribution in [3.63, 3.8) is 0 Å². The van der Waals surface area contributed by atoms with Crippen molar-refractivity contribution in [3.8, 4) is 0 Å². The normalized spacial score (nSPS) is 18.7. The maximum Gasteiger partial charge on any atom is 0.338 e. The van der Waals surface area contributed by atoms with E-state index in [1.807, 2.05) is 30.0 Å². The second-order valence-electron chi connectivity index (χ2n) is 10.6. The maximum atomic E-state index is 12.5. The summed E-state index contributed by atoms with van der Waals surface area (Å²) in [7, 11) is 0. The molecule has 2 aliphatic rings. The van der Waals surface area contributed by atoms with Gasteiger partial charge in [-0.25, -0.2) is 9.59 Å². The average molecular weight is 627 g/mol. The molecule has 0 radical (unpaired) electrons. The molecule has 4 N–H and O–H groups in total. The van der Waals surface area contributed by atoms with Gasteiger partial charge in [0.05, 0.1) is 44.1 Å². The van der Waals surface area contributed by atoms with E-state index in [-0.39, 0.29) is 36.4 Å². The topological polar surface area (TPSA) is 144 Å². The first kappa shape index (κ1) is 33.4. The number of hydrogen-bond acceptors (Lipinski definition) is 9. The molecular weight excluding hydrogens is 584 g/mol. The quantitative estimate of drug-likeness (QED) is 0.0755. The molecule has 12 heteroatoms. The van der Waals surface area contributed by atoms with E-state index < -0.39 is 5.97 Å². The molecule has 0 unspecified atom stereocenters. The van der Waals surface area contributed by atoms with E-state index in [4.69, 9.17) is 14.2 Å². The van der Waals surface area contributed by atoms with Gasteiger partial charge in [0.1, 0.15) is 6.61 Å². The largest absolute Gasteiger partial charge is 0.461 e. The van der Waals surface area contributed by atoms with Crippen LogP contribution < -0.4 is 21.3 Å². The van der Waals surface area contributed by atoms with Gasteiger partial charge >= 0.3 is 12.0 Å². The fraction of sp³-hybridized carbons (Fsp3) is 0.500. The lowest BCUT2D eigenvalue weighted by molar-refractivity contribution is -0.121. The minimum absolute atomic E-state index is 0.0302. The van der Waals surface area contributed by atoms with Crippen LogP contribution in [0.15, 0.2) is 54.6 Å². The van der Waals surface area contributed by atoms with E-state index in [1.165, 1.54) is 0 Å². The molecule has 2 fully saturated rings. The summed E-state index contributed by atoms with van der Waals surface area (Å²) < 4.78 is 16.3. The Balaban J connectivity index is 0.906. The lowest BCUT2D eigenvalue weighted by Crippen LogP contribution is -2.36. The second kappa shape index (κ2) is 18.4. The highest BCUT2D eigenvalue weighted by Gasteiger charge is 2.42. The third-order valence-corrected chi connectivity index (χ3v) is 8.88. The first-order valence-corrected chi connectivity index (χ1v) is 16.2. The van der Waals surface area contributed by atoms with Crippen LogP contribution in [0.1, 0.15) is 52.0 Å². The minimum atomic E-state index is -0.439. The molecule has 44 heavy (non-hydrogen) atoms. The number of amides is 3. The zero-order valence-corrected chi connectivity index (χ0v) is 25.7. The molecule has 0 spiro atoms. The molecular formula is C32H42N4O7S. The molecule has 3 atom stereocenters. The van der Waals surface area contributed by atoms with Crippen molar-refractivity contribution in [2.75, 3.05) is 58.4 Å². The van der Waals surface area contributed by atoms with Crippen molar-refractivity contribution in [2.45, 2.75) is 43.0 Å². The number of nitrogens with one attached hydrogen (secondary N) is 4. The van der Waals surface area contributed by atoms with Gasteiger partial charge in [0.2, 0.25) is 5.91 Å². The maximum absolute atomic E-state index is 12.5. The predicted octanol–water partition coefficient (Wildman–Crippen LogP) is 2.54. The fourth-order valence-corrected chi connectivity index (χ4v) is 6.57. The number of ketones is 1. The predicted molar refractivity (Wildman–Crippen MR) is 168 cm³/mol. The van der Waals surface area contributed by atoms with E-state index in [1.54, 1.807) is 36.4 Å². The highest BCUT2D eigenvalue weighted by Crippen LogP contribution is 2.33. The molecule has 0 bridgehead atoms. The van der Waals surface area contributed by atoms with Crippen LogP contribution in [0.4, 0.5) is 4.79 Å². The summed E-state index contributed by atoms with van der Waals surface area (Å²) in [5, 5.41) is 12.4. The molecule has 0 saturated carbocycles. The average Bonchev–Trinajstić information content (AvgIpc) is 3.60. The number of hydrogen-bond donors (Lipinski definition) is 4. The van der Waals surface area contributed by atoms with Gasteiger partial charge in [-0.2, -0.15) is 11.8 Å². The van der Waals surface area contributed by atoms with Crippen molar-refractivity contribution in [1.29, 1.82) is 0 Å². The zero-order chi connectivity index (χ0) is 31.0. The number of unbranched alkanes of at least 4 members (excludes halogenated alkanes) is 1. The standard InChI is InChI=1S/C32H42N4O7S/c37-28(9-5-4-8-27-29-26(22-44-27)35-32(40)36-29)34-16-18-42-21-20-41-17-14-33-15-19-43-31(39)25-12-10-24(11-13-25)30(38)23-6-2-1-3-7-23/h1-3,6-7,10-13,26-27,29,33H,4-5,8-9,14-22H2,(H,34,37)(H2,35,36,40)/t26-,27-,29-/m0/s1. The van der Waals surface area contributed by atoms with Gasteiger partial charge in [0.15, 0.2) is 5.78 Å². The Morgan fingerprint density at radius 2 is 1.48 bits per heavy atom. The number of fused-ring (bicyclic) bond motifs is 1. The summed E-state index contributed by atoms with van der Waals surface area (Å²) in [4.78, 5) is 48.2. The molecule has 2 saturated heterocycles. The van der Waals surface area contributed by atoms with Gasteiger partial charge in [0.25, 0.3) is 0 Å². The zero-order valence-electron chi connectivity index (χ0n) is 24.9. The Kier molecular flexibility index (Phi) is 14.0. The van der Waals surface area contributed by atoms with Crippen LogP contribution in [0.3, 0.4) is 0 Å². The third kappa shape index (κ3) is 10.9. The first-order chi connectivity index (χ1) is 21.5. The van der Waals surface area contributed by atoms with Crippen LogP contribution in [0.2, 0.25) is 0 Å². The van der Waals surface area contributed by atoms with Crippen molar-refractivity contribution in [2.24, 2.45) is 0 Å². The van der Waals surface area contributed by atoms with E-state index in [0.29, 0.717) is 74.4 Å². The first-order valence-electron chi connectivity index (χ1n) is 15.2. The lowest BCUT2D eigenvalue weighted by atomic mass is 10.0. The van der Waals surface area contributed by atoms with E-state index in [9.17, 15) is 19.2 Å². The number of esters is 1. The number of thioether (sulfide) groups is 1. The van der Waals surface area contributed by atoms with Crippen LogP contribution >= 0.6 is 11.8 Å². The lowest BCUT2D eigenvalue weighted by Gasteiger charge is -2.16. The molecule has 3 amide bonds. The molecule has 0 aliphatic carbocycles. The molecule has 238 valence electrons. The van der Waals surface area contributed by atoms with E-state index in [2.05, 4.69) is 21.3 Å². The summed E-state index contributed by atoms with van der Waals surface area (Å²) in [5.41, 5.74) is 1.51. The van der Waals surface area contributed by atoms with Crippen LogP contribution in [0.25, 0.3) is 0 Å². The Labute approximate surface area is 262 Å². The number of carbonyl (C=O) groups excluding carboxylic acids is 4. The Hall–Kier alpha value is -3.45. The van der Waals surface area contributed by atoms with Crippen LogP contribution in [0.5, 0.6) is 0 Å². The molecule has 11 nitrogen and oxygen atoms in total.